The number of piperazine rings is 1. The molecule has 0 radical (unpaired) electrons. The van der Waals surface area contributed by atoms with Crippen LogP contribution in [0.3, 0.4) is 0 Å². The summed E-state index contributed by atoms with van der Waals surface area (Å²) in [7, 11) is 2.01. The zero-order chi connectivity index (χ0) is 18.8. The van der Waals surface area contributed by atoms with Crippen LogP contribution in [0.15, 0.2) is 30.3 Å². The van der Waals surface area contributed by atoms with Crippen LogP contribution in [-0.4, -0.2) is 52.4 Å². The molecule has 2 heterocycles. The number of amides is 2. The van der Waals surface area contributed by atoms with Gasteiger partial charge in [0.15, 0.2) is 0 Å². The summed E-state index contributed by atoms with van der Waals surface area (Å²) in [6.07, 6.45) is 0.409. The third-order valence-corrected chi connectivity index (χ3v) is 5.58. The minimum Gasteiger partial charge on any atom is -0.352 e. The fourth-order valence-corrected chi connectivity index (χ4v) is 3.57. The second-order valence-corrected chi connectivity index (χ2v) is 7.19. The Morgan fingerprint density at radius 3 is 2.23 bits per heavy atom. The maximum absolute atomic E-state index is 12.6. The molecule has 3 rings (SSSR count). The molecular formula is C20H24ClN3O2. The van der Waals surface area contributed by atoms with Crippen LogP contribution in [0.25, 0.3) is 0 Å². The molecule has 0 saturated carbocycles. The lowest BCUT2D eigenvalue weighted by Gasteiger charge is -2.35. The molecule has 1 saturated heterocycles. The van der Waals surface area contributed by atoms with E-state index in [0.717, 1.165) is 17.0 Å². The van der Waals surface area contributed by atoms with Gasteiger partial charge in [0.25, 0.3) is 5.91 Å². The maximum Gasteiger partial charge on any atom is 0.255 e. The molecule has 0 N–H and O–H groups in total. The van der Waals surface area contributed by atoms with Gasteiger partial charge in [0.05, 0.1) is 17.0 Å². The van der Waals surface area contributed by atoms with E-state index in [9.17, 15) is 9.59 Å². The van der Waals surface area contributed by atoms with E-state index in [1.165, 1.54) is 0 Å². The first-order valence-corrected chi connectivity index (χ1v) is 9.19. The van der Waals surface area contributed by atoms with Crippen LogP contribution < -0.4 is 0 Å². The highest BCUT2D eigenvalue weighted by Crippen LogP contribution is 2.19. The van der Waals surface area contributed by atoms with E-state index >= 15 is 0 Å². The Bertz CT molecular complexity index is 836. The lowest BCUT2D eigenvalue weighted by Crippen LogP contribution is -2.51. The second kappa shape index (κ2) is 7.54. The van der Waals surface area contributed by atoms with Crippen molar-refractivity contribution in [2.75, 3.05) is 26.2 Å². The zero-order valence-corrected chi connectivity index (χ0v) is 16.2. The van der Waals surface area contributed by atoms with Crippen molar-refractivity contribution < 1.29 is 9.59 Å². The standard InChI is InChI=1S/C20H24ClN3O2/c1-14-12-16(15(2)22(14)3)13-19(25)23-8-10-24(11-9-23)20(26)17-6-4-5-7-18(17)21/h4-7,12H,8-11,13H2,1-3H3. The Hall–Kier alpha value is -2.27. The van der Waals surface area contributed by atoms with Crippen molar-refractivity contribution in [3.63, 3.8) is 0 Å². The molecule has 2 aromatic rings. The predicted molar refractivity (Wildman–Crippen MR) is 103 cm³/mol. The van der Waals surface area contributed by atoms with Gasteiger partial charge in [0.2, 0.25) is 5.91 Å². The molecule has 6 heteroatoms. The van der Waals surface area contributed by atoms with Crippen molar-refractivity contribution in [2.45, 2.75) is 20.3 Å². The molecule has 1 fully saturated rings. The SMILES string of the molecule is Cc1cc(CC(=O)N2CCN(C(=O)c3ccccc3Cl)CC2)c(C)n1C. The molecule has 0 unspecified atom stereocenters. The normalized spacial score (nSPS) is 14.6. The van der Waals surface area contributed by atoms with Gasteiger partial charge in [-0.3, -0.25) is 9.59 Å². The van der Waals surface area contributed by atoms with Gasteiger partial charge in [-0.25, -0.2) is 0 Å². The largest absolute Gasteiger partial charge is 0.352 e. The Morgan fingerprint density at radius 2 is 1.65 bits per heavy atom. The molecule has 5 nitrogen and oxygen atoms in total. The molecule has 0 spiro atoms. The molecule has 2 amide bonds. The van der Waals surface area contributed by atoms with Crippen molar-refractivity contribution in [1.82, 2.24) is 14.4 Å². The molecule has 1 aromatic heterocycles. The Labute approximate surface area is 159 Å². The summed E-state index contributed by atoms with van der Waals surface area (Å²) in [6, 6.07) is 9.15. The Kier molecular flexibility index (Phi) is 5.37. The number of carbonyl (C=O) groups is 2. The van der Waals surface area contributed by atoms with E-state index in [1.807, 2.05) is 37.9 Å². The quantitative estimate of drug-likeness (QED) is 0.830. The topological polar surface area (TPSA) is 45.6 Å². The lowest BCUT2D eigenvalue weighted by molar-refractivity contribution is -0.131. The van der Waals surface area contributed by atoms with Crippen LogP contribution >= 0.6 is 11.6 Å². The summed E-state index contributed by atoms with van der Waals surface area (Å²) < 4.78 is 2.10. The van der Waals surface area contributed by atoms with Crippen molar-refractivity contribution in [3.8, 4) is 0 Å². The van der Waals surface area contributed by atoms with Crippen LogP contribution in [-0.2, 0) is 18.3 Å². The number of rotatable bonds is 3. The molecule has 1 aliphatic heterocycles. The van der Waals surface area contributed by atoms with Gasteiger partial charge in [-0.2, -0.15) is 0 Å². The highest BCUT2D eigenvalue weighted by molar-refractivity contribution is 6.33. The van der Waals surface area contributed by atoms with Crippen LogP contribution in [0.5, 0.6) is 0 Å². The number of carbonyl (C=O) groups excluding carboxylic acids is 2. The fourth-order valence-electron chi connectivity index (χ4n) is 3.35. The number of benzene rings is 1. The van der Waals surface area contributed by atoms with Crippen molar-refractivity contribution in [3.05, 3.63) is 57.9 Å². The van der Waals surface area contributed by atoms with Gasteiger partial charge in [0, 0.05) is 44.6 Å². The summed E-state index contributed by atoms with van der Waals surface area (Å²) >= 11 is 6.12. The van der Waals surface area contributed by atoms with E-state index in [2.05, 4.69) is 10.6 Å². The highest BCUT2D eigenvalue weighted by Gasteiger charge is 2.26. The first kappa shape index (κ1) is 18.5. The average Bonchev–Trinajstić information content (AvgIpc) is 2.88. The van der Waals surface area contributed by atoms with Gasteiger partial charge >= 0.3 is 0 Å². The van der Waals surface area contributed by atoms with Crippen LogP contribution in [0.2, 0.25) is 5.02 Å². The highest BCUT2D eigenvalue weighted by atomic mass is 35.5. The maximum atomic E-state index is 12.6. The van der Waals surface area contributed by atoms with Gasteiger partial charge < -0.3 is 14.4 Å². The van der Waals surface area contributed by atoms with Crippen molar-refractivity contribution >= 4 is 23.4 Å². The number of hydrogen-bond donors (Lipinski definition) is 0. The van der Waals surface area contributed by atoms with E-state index in [-0.39, 0.29) is 11.8 Å². The first-order valence-electron chi connectivity index (χ1n) is 8.82. The third kappa shape index (κ3) is 3.63. The Morgan fingerprint density at radius 1 is 1.04 bits per heavy atom. The number of halogens is 1. The fraction of sp³-hybridized carbons (Fsp3) is 0.400. The van der Waals surface area contributed by atoms with E-state index in [1.54, 1.807) is 17.0 Å². The molecule has 1 aliphatic rings. The summed E-state index contributed by atoms with van der Waals surface area (Å²) in [5.41, 5.74) is 3.87. The first-order chi connectivity index (χ1) is 12.4. The van der Waals surface area contributed by atoms with Crippen LogP contribution in [0.4, 0.5) is 0 Å². The molecular weight excluding hydrogens is 350 g/mol. The van der Waals surface area contributed by atoms with Gasteiger partial charge in [0.1, 0.15) is 0 Å². The predicted octanol–water partition coefficient (Wildman–Crippen LogP) is 2.82. The monoisotopic (exact) mass is 373 g/mol. The average molecular weight is 374 g/mol. The summed E-state index contributed by atoms with van der Waals surface area (Å²) in [6.45, 7) is 6.25. The number of aromatic nitrogens is 1. The lowest BCUT2D eigenvalue weighted by atomic mass is 10.1. The third-order valence-electron chi connectivity index (χ3n) is 5.25. The molecule has 1 aromatic carbocycles. The summed E-state index contributed by atoms with van der Waals surface area (Å²) in [4.78, 5) is 28.9. The van der Waals surface area contributed by atoms with E-state index in [0.29, 0.717) is 43.2 Å². The molecule has 26 heavy (non-hydrogen) atoms. The number of nitrogens with zero attached hydrogens (tertiary/aromatic N) is 3. The van der Waals surface area contributed by atoms with E-state index < -0.39 is 0 Å². The molecule has 0 bridgehead atoms. The van der Waals surface area contributed by atoms with Gasteiger partial charge in [-0.1, -0.05) is 23.7 Å². The van der Waals surface area contributed by atoms with Crippen LogP contribution in [0.1, 0.15) is 27.3 Å². The second-order valence-electron chi connectivity index (χ2n) is 6.78. The molecule has 0 aliphatic carbocycles. The summed E-state index contributed by atoms with van der Waals surface area (Å²) in [5, 5.41) is 0.464. The zero-order valence-electron chi connectivity index (χ0n) is 15.5. The summed E-state index contributed by atoms with van der Waals surface area (Å²) in [5.74, 6) is 0.0424. The van der Waals surface area contributed by atoms with Crippen molar-refractivity contribution in [1.29, 1.82) is 0 Å². The van der Waals surface area contributed by atoms with Crippen LogP contribution in [0, 0.1) is 13.8 Å². The minimum atomic E-state index is -0.0720. The number of aryl methyl sites for hydroxylation is 1. The van der Waals surface area contributed by atoms with Gasteiger partial charge in [-0.05, 0) is 37.6 Å². The Balaban J connectivity index is 1.59. The van der Waals surface area contributed by atoms with E-state index in [4.69, 9.17) is 11.6 Å². The molecule has 138 valence electrons. The smallest absolute Gasteiger partial charge is 0.255 e. The van der Waals surface area contributed by atoms with Crippen molar-refractivity contribution in [2.24, 2.45) is 7.05 Å². The number of hydrogen-bond acceptors (Lipinski definition) is 2. The minimum absolute atomic E-state index is 0.0720. The van der Waals surface area contributed by atoms with Gasteiger partial charge in [-0.15, -0.1) is 0 Å². The molecule has 0 atom stereocenters.